The second-order valence-corrected chi connectivity index (χ2v) is 3.26. The molecule has 0 spiro atoms. The van der Waals surface area contributed by atoms with Crippen LogP contribution >= 0.6 is 0 Å². The fourth-order valence-corrected chi connectivity index (χ4v) is 1.27. The van der Waals surface area contributed by atoms with E-state index in [1.807, 2.05) is 0 Å². The van der Waals surface area contributed by atoms with Crippen LogP contribution in [0.2, 0.25) is 0 Å². The van der Waals surface area contributed by atoms with Gasteiger partial charge in [0.25, 0.3) is 0 Å². The van der Waals surface area contributed by atoms with Crippen molar-refractivity contribution in [1.29, 1.82) is 0 Å². The molecule has 0 aliphatic carbocycles. The van der Waals surface area contributed by atoms with Crippen molar-refractivity contribution in [2.45, 2.75) is 13.0 Å². The van der Waals surface area contributed by atoms with Gasteiger partial charge in [0.2, 0.25) is 5.88 Å². The lowest BCUT2D eigenvalue weighted by Crippen LogP contribution is -2.34. The average molecular weight is 241 g/mol. The fraction of sp³-hybridized carbons (Fsp3) is 0.500. The topological polar surface area (TPSA) is 93.6 Å². The number of esters is 1. The second-order valence-electron chi connectivity index (χ2n) is 3.26. The minimum atomic E-state index is -0.863. The predicted molar refractivity (Wildman–Crippen MR) is 59.8 cm³/mol. The first-order valence-corrected chi connectivity index (χ1v) is 4.94. The summed E-state index contributed by atoms with van der Waals surface area (Å²) in [5.41, 5.74) is 0.650. The van der Waals surface area contributed by atoms with Gasteiger partial charge in [0.05, 0.1) is 26.4 Å². The molecule has 1 atom stereocenters. The van der Waals surface area contributed by atoms with Crippen molar-refractivity contribution < 1.29 is 19.4 Å². The summed E-state index contributed by atoms with van der Waals surface area (Å²) in [7, 11) is 2.74. The van der Waals surface area contributed by atoms with E-state index in [9.17, 15) is 4.79 Å². The SMILES string of the molecule is COC(=O)C(CO)Nc1ncnc(OC)c1C. The molecule has 0 aliphatic rings. The molecule has 1 rings (SSSR count). The zero-order valence-electron chi connectivity index (χ0n) is 9.93. The summed E-state index contributed by atoms with van der Waals surface area (Å²) in [4.78, 5) is 19.2. The van der Waals surface area contributed by atoms with Crippen molar-refractivity contribution >= 4 is 11.8 Å². The van der Waals surface area contributed by atoms with Crippen molar-refractivity contribution in [1.82, 2.24) is 9.97 Å². The standard InChI is InChI=1S/C10H15N3O4/c1-6-8(11-5-12-9(6)16-2)13-7(4-14)10(15)17-3/h5,7,14H,4H2,1-3H3,(H,11,12,13). The van der Waals surface area contributed by atoms with Crippen LogP contribution < -0.4 is 10.1 Å². The number of hydrogen-bond donors (Lipinski definition) is 2. The minimum absolute atomic E-state index is 0.390. The van der Waals surface area contributed by atoms with Crippen LogP contribution in [0.4, 0.5) is 5.82 Å². The van der Waals surface area contributed by atoms with E-state index in [-0.39, 0.29) is 0 Å². The first kappa shape index (κ1) is 13.2. The third-order valence-corrected chi connectivity index (χ3v) is 2.21. The van der Waals surface area contributed by atoms with E-state index in [1.165, 1.54) is 20.5 Å². The van der Waals surface area contributed by atoms with Crippen LogP contribution in [0.5, 0.6) is 5.88 Å². The average Bonchev–Trinajstić information content (AvgIpc) is 2.36. The smallest absolute Gasteiger partial charge is 0.330 e. The number of anilines is 1. The lowest BCUT2D eigenvalue weighted by atomic mass is 10.2. The number of carbonyl (C=O) groups excluding carboxylic acids is 1. The summed E-state index contributed by atoms with van der Waals surface area (Å²) in [6.07, 6.45) is 1.31. The minimum Gasteiger partial charge on any atom is -0.481 e. The van der Waals surface area contributed by atoms with Gasteiger partial charge in [0.15, 0.2) is 0 Å². The molecule has 2 N–H and O–H groups in total. The molecule has 0 saturated heterocycles. The van der Waals surface area contributed by atoms with Crippen molar-refractivity contribution in [2.24, 2.45) is 0 Å². The van der Waals surface area contributed by atoms with E-state index in [4.69, 9.17) is 9.84 Å². The molecular weight excluding hydrogens is 226 g/mol. The molecule has 1 aromatic rings. The van der Waals surface area contributed by atoms with Gasteiger partial charge in [-0.3, -0.25) is 0 Å². The van der Waals surface area contributed by atoms with Crippen molar-refractivity contribution in [3.63, 3.8) is 0 Å². The van der Waals surface area contributed by atoms with Crippen LogP contribution in [0.15, 0.2) is 6.33 Å². The Balaban J connectivity index is 2.90. The highest BCUT2D eigenvalue weighted by atomic mass is 16.5. The van der Waals surface area contributed by atoms with Crippen LogP contribution in [-0.2, 0) is 9.53 Å². The number of carbonyl (C=O) groups is 1. The van der Waals surface area contributed by atoms with E-state index in [2.05, 4.69) is 20.0 Å². The highest BCUT2D eigenvalue weighted by molar-refractivity contribution is 5.79. The molecule has 0 aliphatic heterocycles. The highest BCUT2D eigenvalue weighted by Crippen LogP contribution is 2.20. The highest BCUT2D eigenvalue weighted by Gasteiger charge is 2.20. The maximum atomic E-state index is 11.3. The van der Waals surface area contributed by atoms with Crippen molar-refractivity contribution in [2.75, 3.05) is 26.1 Å². The number of ether oxygens (including phenoxy) is 2. The van der Waals surface area contributed by atoms with Gasteiger partial charge in [-0.25, -0.2) is 14.8 Å². The van der Waals surface area contributed by atoms with Gasteiger partial charge in [0.1, 0.15) is 18.2 Å². The maximum Gasteiger partial charge on any atom is 0.330 e. The van der Waals surface area contributed by atoms with E-state index in [0.29, 0.717) is 17.3 Å². The predicted octanol–water partition coefficient (Wildman–Crippen LogP) is -0.261. The largest absolute Gasteiger partial charge is 0.481 e. The molecule has 0 aromatic carbocycles. The van der Waals surface area contributed by atoms with Gasteiger partial charge in [-0.2, -0.15) is 0 Å². The summed E-state index contributed by atoms with van der Waals surface area (Å²) >= 11 is 0. The Labute approximate surface area is 98.8 Å². The molecule has 0 amide bonds. The summed E-state index contributed by atoms with van der Waals surface area (Å²) in [5, 5.41) is 11.8. The second kappa shape index (κ2) is 6.00. The number of hydrogen-bond acceptors (Lipinski definition) is 7. The first-order valence-electron chi connectivity index (χ1n) is 4.94. The van der Waals surface area contributed by atoms with E-state index in [0.717, 1.165) is 0 Å². The molecule has 7 nitrogen and oxygen atoms in total. The number of aliphatic hydroxyl groups is 1. The lowest BCUT2D eigenvalue weighted by molar-refractivity contribution is -0.142. The van der Waals surface area contributed by atoms with Crippen LogP contribution in [-0.4, -0.2) is 47.9 Å². The normalized spacial score (nSPS) is 11.8. The summed E-state index contributed by atoms with van der Waals surface area (Å²) < 4.78 is 9.55. The molecule has 0 bridgehead atoms. The van der Waals surface area contributed by atoms with E-state index in [1.54, 1.807) is 6.92 Å². The Bertz CT molecular complexity index is 397. The monoisotopic (exact) mass is 241 g/mol. The van der Waals surface area contributed by atoms with Gasteiger partial charge in [-0.1, -0.05) is 0 Å². The molecule has 0 radical (unpaired) electrons. The van der Waals surface area contributed by atoms with Gasteiger partial charge >= 0.3 is 5.97 Å². The molecule has 17 heavy (non-hydrogen) atoms. The summed E-state index contributed by atoms with van der Waals surface area (Å²) in [6.45, 7) is 1.35. The molecule has 94 valence electrons. The Morgan fingerprint density at radius 3 is 2.76 bits per heavy atom. The summed E-state index contributed by atoms with van der Waals surface area (Å²) in [5.74, 6) is 0.259. The quantitative estimate of drug-likeness (QED) is 0.686. The maximum absolute atomic E-state index is 11.3. The number of aromatic nitrogens is 2. The van der Waals surface area contributed by atoms with Crippen LogP contribution in [0.1, 0.15) is 5.56 Å². The Morgan fingerprint density at radius 2 is 2.24 bits per heavy atom. The number of nitrogens with zero attached hydrogens (tertiary/aromatic N) is 2. The molecule has 0 fully saturated rings. The molecule has 1 heterocycles. The van der Waals surface area contributed by atoms with Crippen LogP contribution in [0.3, 0.4) is 0 Å². The molecular formula is C10H15N3O4. The Morgan fingerprint density at radius 1 is 1.53 bits per heavy atom. The van der Waals surface area contributed by atoms with Gasteiger partial charge < -0.3 is 19.9 Å². The van der Waals surface area contributed by atoms with Gasteiger partial charge in [-0.05, 0) is 6.92 Å². The van der Waals surface area contributed by atoms with E-state index < -0.39 is 18.6 Å². The Kier molecular flexibility index (Phi) is 4.65. The van der Waals surface area contributed by atoms with Crippen molar-refractivity contribution in [3.05, 3.63) is 11.9 Å². The van der Waals surface area contributed by atoms with E-state index >= 15 is 0 Å². The van der Waals surface area contributed by atoms with Gasteiger partial charge in [0, 0.05) is 0 Å². The number of rotatable bonds is 5. The third kappa shape index (κ3) is 3.04. The lowest BCUT2D eigenvalue weighted by Gasteiger charge is -2.16. The van der Waals surface area contributed by atoms with Crippen LogP contribution in [0, 0.1) is 6.92 Å². The zero-order valence-corrected chi connectivity index (χ0v) is 9.93. The first-order chi connectivity index (χ1) is 8.13. The number of nitrogens with one attached hydrogen (secondary N) is 1. The van der Waals surface area contributed by atoms with Crippen LogP contribution in [0.25, 0.3) is 0 Å². The molecule has 7 heteroatoms. The van der Waals surface area contributed by atoms with Crippen molar-refractivity contribution in [3.8, 4) is 5.88 Å². The molecule has 1 aromatic heterocycles. The fourth-order valence-electron chi connectivity index (χ4n) is 1.27. The molecule has 1 unspecified atom stereocenters. The third-order valence-electron chi connectivity index (χ3n) is 2.21. The number of aliphatic hydroxyl groups excluding tert-OH is 1. The zero-order chi connectivity index (χ0) is 12.8. The van der Waals surface area contributed by atoms with Gasteiger partial charge in [-0.15, -0.1) is 0 Å². The summed E-state index contributed by atoms with van der Waals surface area (Å²) in [6, 6.07) is -0.863. The Hall–Kier alpha value is -1.89. The number of methoxy groups -OCH3 is 2. The molecule has 0 saturated carbocycles.